The van der Waals surface area contributed by atoms with E-state index in [9.17, 15) is 9.18 Å². The molecule has 1 heterocycles. The second-order valence-electron chi connectivity index (χ2n) is 6.20. The summed E-state index contributed by atoms with van der Waals surface area (Å²) in [5.41, 5.74) is 3.27. The number of benzene rings is 3. The summed E-state index contributed by atoms with van der Waals surface area (Å²) in [5.74, 6) is 0.0253. The van der Waals surface area contributed by atoms with Gasteiger partial charge in [-0.2, -0.15) is 0 Å². The van der Waals surface area contributed by atoms with Crippen molar-refractivity contribution in [2.75, 3.05) is 5.75 Å². The van der Waals surface area contributed by atoms with Crippen molar-refractivity contribution in [3.63, 3.8) is 0 Å². The van der Waals surface area contributed by atoms with Crippen LogP contribution < -0.4 is 0 Å². The number of carbonyl (C=O) groups is 1. The number of hydrogen-bond donors (Lipinski definition) is 0. The van der Waals surface area contributed by atoms with Crippen molar-refractivity contribution < 1.29 is 9.18 Å². The van der Waals surface area contributed by atoms with E-state index in [2.05, 4.69) is 0 Å². The molecule has 0 aliphatic rings. The Bertz CT molecular complexity index is 1080. The first-order valence-electron chi connectivity index (χ1n) is 8.82. The number of nitrogens with zero attached hydrogens (tertiary/aromatic N) is 2. The van der Waals surface area contributed by atoms with Gasteiger partial charge in [-0.1, -0.05) is 72.4 Å². The Morgan fingerprint density at radius 1 is 0.893 bits per heavy atom. The van der Waals surface area contributed by atoms with Gasteiger partial charge >= 0.3 is 0 Å². The van der Waals surface area contributed by atoms with Crippen molar-refractivity contribution in [3.8, 4) is 16.9 Å². The van der Waals surface area contributed by atoms with Crippen LogP contribution in [0.25, 0.3) is 16.9 Å². The molecule has 28 heavy (non-hydrogen) atoms. The zero-order valence-corrected chi connectivity index (χ0v) is 15.8. The van der Waals surface area contributed by atoms with E-state index >= 15 is 0 Å². The van der Waals surface area contributed by atoms with Crippen LogP contribution in [0.5, 0.6) is 0 Å². The monoisotopic (exact) mass is 388 g/mol. The molecule has 138 valence electrons. The van der Waals surface area contributed by atoms with E-state index in [1.165, 1.54) is 23.9 Å². The van der Waals surface area contributed by atoms with Crippen molar-refractivity contribution in [1.29, 1.82) is 0 Å². The van der Waals surface area contributed by atoms with Crippen LogP contribution in [0.2, 0.25) is 0 Å². The van der Waals surface area contributed by atoms with Crippen LogP contribution in [0.15, 0.2) is 96.3 Å². The minimum atomic E-state index is -0.291. The molecule has 4 aromatic rings. The van der Waals surface area contributed by atoms with Crippen LogP contribution in [0.4, 0.5) is 4.39 Å². The summed E-state index contributed by atoms with van der Waals surface area (Å²) < 4.78 is 15.2. The number of rotatable bonds is 6. The molecule has 1 aromatic heterocycles. The van der Waals surface area contributed by atoms with Crippen molar-refractivity contribution in [3.05, 3.63) is 103 Å². The van der Waals surface area contributed by atoms with E-state index in [-0.39, 0.29) is 17.4 Å². The van der Waals surface area contributed by atoms with Crippen molar-refractivity contribution >= 4 is 17.5 Å². The zero-order chi connectivity index (χ0) is 19.3. The first-order chi connectivity index (χ1) is 13.7. The van der Waals surface area contributed by atoms with Crippen LogP contribution in [-0.4, -0.2) is 21.1 Å². The second-order valence-corrected chi connectivity index (χ2v) is 7.14. The number of hydrogen-bond acceptors (Lipinski definition) is 3. The molecule has 0 N–H and O–H groups in total. The topological polar surface area (TPSA) is 34.9 Å². The maximum absolute atomic E-state index is 13.3. The van der Waals surface area contributed by atoms with E-state index in [1.807, 2.05) is 71.4 Å². The fourth-order valence-corrected chi connectivity index (χ4v) is 3.72. The Hall–Kier alpha value is -3.18. The molecule has 3 aromatic carbocycles. The van der Waals surface area contributed by atoms with Crippen LogP contribution in [0.3, 0.4) is 0 Å². The average Bonchev–Trinajstić information content (AvgIpc) is 3.18. The molecule has 0 aliphatic heterocycles. The minimum Gasteiger partial charge on any atom is -0.294 e. The summed E-state index contributed by atoms with van der Waals surface area (Å²) in [7, 11) is 0. The quantitative estimate of drug-likeness (QED) is 0.316. The summed E-state index contributed by atoms with van der Waals surface area (Å²) in [4.78, 5) is 17.2. The van der Waals surface area contributed by atoms with Crippen LogP contribution in [0.1, 0.15) is 10.4 Å². The number of Topliss-reactive ketones (excluding diaryl/α,β-unsaturated/α-hetero) is 1. The minimum absolute atomic E-state index is 0.0421. The molecular formula is C23H17FN2OS. The van der Waals surface area contributed by atoms with Gasteiger partial charge in [-0.15, -0.1) is 0 Å². The predicted molar refractivity (Wildman–Crippen MR) is 110 cm³/mol. The van der Waals surface area contributed by atoms with E-state index < -0.39 is 0 Å². The average molecular weight is 388 g/mol. The molecule has 0 saturated carbocycles. The Kier molecular flexibility index (Phi) is 5.35. The number of carbonyl (C=O) groups excluding carboxylic acids is 1. The van der Waals surface area contributed by atoms with Crippen LogP contribution in [0, 0.1) is 5.82 Å². The summed E-state index contributed by atoms with van der Waals surface area (Å²) in [6, 6.07) is 25.3. The first-order valence-corrected chi connectivity index (χ1v) is 9.81. The lowest BCUT2D eigenvalue weighted by molar-refractivity contribution is 0.102. The van der Waals surface area contributed by atoms with E-state index in [0.29, 0.717) is 10.7 Å². The Balaban J connectivity index is 1.65. The Labute approximate surface area is 166 Å². The molecule has 0 fully saturated rings. The van der Waals surface area contributed by atoms with Gasteiger partial charge in [0.1, 0.15) is 5.82 Å². The lowest BCUT2D eigenvalue weighted by Crippen LogP contribution is -2.03. The Morgan fingerprint density at radius 3 is 2.21 bits per heavy atom. The third kappa shape index (κ3) is 4.05. The van der Waals surface area contributed by atoms with Crippen molar-refractivity contribution in [2.24, 2.45) is 0 Å². The van der Waals surface area contributed by atoms with E-state index in [1.54, 1.807) is 12.1 Å². The smallest absolute Gasteiger partial charge is 0.173 e. The number of ketones is 1. The molecule has 0 atom stereocenters. The molecule has 0 unspecified atom stereocenters. The molecule has 3 nitrogen and oxygen atoms in total. The lowest BCUT2D eigenvalue weighted by atomic mass is 10.2. The highest BCUT2D eigenvalue weighted by Crippen LogP contribution is 2.28. The molecule has 4 rings (SSSR count). The maximum atomic E-state index is 13.3. The third-order valence-electron chi connectivity index (χ3n) is 4.28. The molecule has 0 amide bonds. The van der Waals surface area contributed by atoms with Gasteiger partial charge < -0.3 is 0 Å². The third-order valence-corrected chi connectivity index (χ3v) is 5.23. The van der Waals surface area contributed by atoms with Crippen LogP contribution >= 0.6 is 11.8 Å². The second kappa shape index (κ2) is 8.23. The molecule has 5 heteroatoms. The zero-order valence-electron chi connectivity index (χ0n) is 15.0. The number of aromatic nitrogens is 2. The molecule has 0 saturated heterocycles. The normalized spacial score (nSPS) is 10.8. The fourth-order valence-electron chi connectivity index (χ4n) is 2.84. The summed E-state index contributed by atoms with van der Waals surface area (Å²) in [6.07, 6.45) is 1.91. The summed E-state index contributed by atoms with van der Waals surface area (Å²) in [5, 5.41) is 0.690. The standard InChI is InChI=1S/C23H17FN2OS/c24-19-11-13-20(14-12-19)26-15-21(17-7-3-1-4-8-17)25-23(26)28-16-22(27)18-9-5-2-6-10-18/h1-15H,16H2. The summed E-state index contributed by atoms with van der Waals surface area (Å²) >= 11 is 1.37. The van der Waals surface area contributed by atoms with Gasteiger partial charge in [-0.25, -0.2) is 9.37 Å². The number of thioether (sulfide) groups is 1. The van der Waals surface area contributed by atoms with Crippen molar-refractivity contribution in [2.45, 2.75) is 5.16 Å². The SMILES string of the molecule is O=C(CSc1nc(-c2ccccc2)cn1-c1ccc(F)cc1)c1ccccc1. The number of halogens is 1. The summed E-state index contributed by atoms with van der Waals surface area (Å²) in [6.45, 7) is 0. The Morgan fingerprint density at radius 2 is 1.54 bits per heavy atom. The van der Waals surface area contributed by atoms with E-state index in [4.69, 9.17) is 4.98 Å². The first kappa shape index (κ1) is 18.2. The number of imidazole rings is 1. The fraction of sp³-hybridized carbons (Fsp3) is 0.0435. The van der Waals surface area contributed by atoms with Gasteiger partial charge in [0.2, 0.25) is 0 Å². The molecule has 0 aliphatic carbocycles. The highest BCUT2D eigenvalue weighted by Gasteiger charge is 2.14. The van der Waals surface area contributed by atoms with Gasteiger partial charge in [0.25, 0.3) is 0 Å². The molecule has 0 radical (unpaired) electrons. The predicted octanol–water partition coefficient (Wildman–Crippen LogP) is 5.65. The maximum Gasteiger partial charge on any atom is 0.173 e. The largest absolute Gasteiger partial charge is 0.294 e. The van der Waals surface area contributed by atoms with Gasteiger partial charge in [-0.3, -0.25) is 9.36 Å². The van der Waals surface area contributed by atoms with Gasteiger partial charge in [0.15, 0.2) is 10.9 Å². The van der Waals surface area contributed by atoms with Gasteiger partial charge in [-0.05, 0) is 24.3 Å². The molecule has 0 bridgehead atoms. The van der Waals surface area contributed by atoms with Crippen LogP contribution in [-0.2, 0) is 0 Å². The van der Waals surface area contributed by atoms with Gasteiger partial charge in [0.05, 0.1) is 11.4 Å². The van der Waals surface area contributed by atoms with E-state index in [0.717, 1.165) is 16.9 Å². The van der Waals surface area contributed by atoms with Gasteiger partial charge in [0, 0.05) is 23.0 Å². The lowest BCUT2D eigenvalue weighted by Gasteiger charge is -2.07. The highest BCUT2D eigenvalue weighted by atomic mass is 32.2. The molecule has 0 spiro atoms. The van der Waals surface area contributed by atoms with Crippen molar-refractivity contribution in [1.82, 2.24) is 9.55 Å². The molecular weight excluding hydrogens is 371 g/mol. The highest BCUT2D eigenvalue weighted by molar-refractivity contribution is 7.99.